The van der Waals surface area contributed by atoms with Gasteiger partial charge in [-0.25, -0.2) is 4.79 Å². The highest BCUT2D eigenvalue weighted by molar-refractivity contribution is 6.11. The fraction of sp³-hybridized carbons (Fsp3) is 0.500. The molecule has 1 aromatic rings. The number of carbonyl (C=O) groups excluding carboxylic acids is 3. The predicted octanol–water partition coefficient (Wildman–Crippen LogP) is 1.67. The van der Waals surface area contributed by atoms with Gasteiger partial charge in [-0.05, 0) is 39.8 Å². The molecule has 2 bridgehead atoms. The standard InChI is InChI=1S/C18H21NO6/c1-5-23-15(21)18(16(22)24-6-2)13-14(20)25-17(18,4)11-9-10(3)7-8-12(11)19-13/h7-9,13,19H,5-6H2,1-4H3/t13-,17-/m1/s1. The zero-order chi connectivity index (χ0) is 18.4. The predicted molar refractivity (Wildman–Crippen MR) is 87.7 cm³/mol. The fourth-order valence-corrected chi connectivity index (χ4v) is 3.76. The van der Waals surface area contributed by atoms with E-state index in [1.807, 2.05) is 13.0 Å². The van der Waals surface area contributed by atoms with Crippen LogP contribution in [0.15, 0.2) is 18.2 Å². The van der Waals surface area contributed by atoms with E-state index in [4.69, 9.17) is 14.2 Å². The lowest BCUT2D eigenvalue weighted by Gasteiger charge is -2.43. The molecule has 1 fully saturated rings. The van der Waals surface area contributed by atoms with Crippen molar-refractivity contribution < 1.29 is 28.6 Å². The lowest BCUT2D eigenvalue weighted by Crippen LogP contribution is -2.63. The first-order valence-corrected chi connectivity index (χ1v) is 8.27. The summed E-state index contributed by atoms with van der Waals surface area (Å²) >= 11 is 0. The van der Waals surface area contributed by atoms with Gasteiger partial charge in [-0.1, -0.05) is 11.6 Å². The summed E-state index contributed by atoms with van der Waals surface area (Å²) in [5.41, 5.74) is -1.34. The number of hydrogen-bond donors (Lipinski definition) is 1. The van der Waals surface area contributed by atoms with Gasteiger partial charge in [0.1, 0.15) is 0 Å². The third-order valence-corrected chi connectivity index (χ3v) is 4.91. The van der Waals surface area contributed by atoms with Gasteiger partial charge < -0.3 is 19.5 Å². The molecule has 3 rings (SSSR count). The van der Waals surface area contributed by atoms with Crippen molar-refractivity contribution in [1.82, 2.24) is 0 Å². The molecule has 0 unspecified atom stereocenters. The van der Waals surface area contributed by atoms with Crippen molar-refractivity contribution in [2.24, 2.45) is 5.41 Å². The molecule has 1 saturated heterocycles. The summed E-state index contributed by atoms with van der Waals surface area (Å²) in [5, 5.41) is 2.98. The van der Waals surface area contributed by atoms with E-state index in [1.165, 1.54) is 0 Å². The minimum absolute atomic E-state index is 0.0671. The van der Waals surface area contributed by atoms with Crippen molar-refractivity contribution in [2.45, 2.75) is 39.3 Å². The Balaban J connectivity index is 2.29. The van der Waals surface area contributed by atoms with Crippen molar-refractivity contribution in [3.05, 3.63) is 29.3 Å². The molecule has 1 N–H and O–H groups in total. The number of fused-ring (bicyclic) bond motifs is 4. The van der Waals surface area contributed by atoms with Crippen LogP contribution >= 0.6 is 0 Å². The quantitative estimate of drug-likeness (QED) is 0.503. The molecule has 2 aliphatic heterocycles. The number of rotatable bonds is 4. The molecule has 2 atom stereocenters. The number of benzene rings is 1. The Hall–Kier alpha value is -2.57. The Morgan fingerprint density at radius 3 is 2.36 bits per heavy atom. The molecule has 0 radical (unpaired) electrons. The first-order valence-electron chi connectivity index (χ1n) is 8.27. The first kappa shape index (κ1) is 17.3. The van der Waals surface area contributed by atoms with Gasteiger partial charge in [0.2, 0.25) is 5.41 Å². The van der Waals surface area contributed by atoms with Gasteiger partial charge in [0.15, 0.2) is 11.6 Å². The first-order chi connectivity index (χ1) is 11.8. The minimum Gasteiger partial charge on any atom is -0.465 e. The van der Waals surface area contributed by atoms with E-state index in [1.54, 1.807) is 32.9 Å². The van der Waals surface area contributed by atoms with E-state index < -0.39 is 35.0 Å². The molecule has 7 nitrogen and oxygen atoms in total. The largest absolute Gasteiger partial charge is 0.465 e. The minimum atomic E-state index is -1.93. The molecule has 0 spiro atoms. The monoisotopic (exact) mass is 347 g/mol. The van der Waals surface area contributed by atoms with Crippen molar-refractivity contribution in [3.8, 4) is 0 Å². The summed E-state index contributed by atoms with van der Waals surface area (Å²) in [5.74, 6) is -2.34. The summed E-state index contributed by atoms with van der Waals surface area (Å²) in [4.78, 5) is 38.4. The van der Waals surface area contributed by atoms with Crippen molar-refractivity contribution in [2.75, 3.05) is 18.5 Å². The van der Waals surface area contributed by atoms with Crippen molar-refractivity contribution >= 4 is 23.6 Å². The fourth-order valence-electron chi connectivity index (χ4n) is 3.76. The molecule has 0 saturated carbocycles. The molecule has 0 aliphatic carbocycles. The molecule has 2 aliphatic rings. The van der Waals surface area contributed by atoms with E-state index in [2.05, 4.69) is 5.32 Å². The van der Waals surface area contributed by atoms with Crippen LogP contribution in [0.5, 0.6) is 0 Å². The van der Waals surface area contributed by atoms with Gasteiger partial charge in [-0.15, -0.1) is 0 Å². The normalized spacial score (nSPS) is 25.4. The van der Waals surface area contributed by atoms with Crippen LogP contribution in [-0.4, -0.2) is 37.2 Å². The van der Waals surface area contributed by atoms with Crippen LogP contribution in [0, 0.1) is 12.3 Å². The summed E-state index contributed by atoms with van der Waals surface area (Å²) in [6, 6.07) is 4.27. The number of nitrogens with one attached hydrogen (secondary N) is 1. The van der Waals surface area contributed by atoms with Gasteiger partial charge in [0.05, 0.1) is 13.2 Å². The third-order valence-electron chi connectivity index (χ3n) is 4.91. The Kier molecular flexibility index (Phi) is 3.97. The molecule has 134 valence electrons. The molecule has 0 amide bonds. The molecule has 25 heavy (non-hydrogen) atoms. The second kappa shape index (κ2) is 5.75. The lowest BCUT2D eigenvalue weighted by molar-refractivity contribution is -0.187. The Bertz CT molecular complexity index is 740. The zero-order valence-corrected chi connectivity index (χ0v) is 14.7. The van der Waals surface area contributed by atoms with Gasteiger partial charge in [-0.3, -0.25) is 9.59 Å². The van der Waals surface area contributed by atoms with E-state index in [0.717, 1.165) is 5.56 Å². The van der Waals surface area contributed by atoms with Gasteiger partial charge >= 0.3 is 17.9 Å². The maximum Gasteiger partial charge on any atom is 0.331 e. The second-order valence-electron chi connectivity index (χ2n) is 6.33. The van der Waals surface area contributed by atoms with Gasteiger partial charge in [0.25, 0.3) is 0 Å². The molecule has 2 heterocycles. The number of carbonyl (C=O) groups is 3. The van der Waals surface area contributed by atoms with Crippen LogP contribution in [0.4, 0.5) is 5.69 Å². The molecule has 7 heteroatoms. The number of anilines is 1. The van der Waals surface area contributed by atoms with E-state index in [9.17, 15) is 14.4 Å². The second-order valence-corrected chi connectivity index (χ2v) is 6.33. The summed E-state index contributed by atoms with van der Waals surface area (Å²) in [6.07, 6.45) is 0. The average molecular weight is 347 g/mol. The number of ether oxygens (including phenoxy) is 3. The van der Waals surface area contributed by atoms with Crippen LogP contribution in [0.1, 0.15) is 31.9 Å². The van der Waals surface area contributed by atoms with E-state index >= 15 is 0 Å². The highest BCUT2D eigenvalue weighted by Crippen LogP contribution is 2.58. The van der Waals surface area contributed by atoms with E-state index in [0.29, 0.717) is 11.3 Å². The van der Waals surface area contributed by atoms with Crippen molar-refractivity contribution in [3.63, 3.8) is 0 Å². The summed E-state index contributed by atoms with van der Waals surface area (Å²) in [7, 11) is 0. The van der Waals surface area contributed by atoms with Crippen LogP contribution in [-0.2, 0) is 34.2 Å². The topological polar surface area (TPSA) is 90.9 Å². The molecular weight excluding hydrogens is 326 g/mol. The third kappa shape index (κ3) is 2.08. The summed E-state index contributed by atoms with van der Waals surface area (Å²) in [6.45, 7) is 6.85. The van der Waals surface area contributed by atoms with Crippen molar-refractivity contribution in [1.29, 1.82) is 0 Å². The molecular formula is C18H21NO6. The van der Waals surface area contributed by atoms with Crippen LogP contribution in [0.25, 0.3) is 0 Å². The number of aryl methyl sites for hydroxylation is 1. The smallest absolute Gasteiger partial charge is 0.331 e. The van der Waals surface area contributed by atoms with Crippen LogP contribution in [0.3, 0.4) is 0 Å². The Morgan fingerprint density at radius 2 is 1.80 bits per heavy atom. The maximum atomic E-state index is 12.9. The summed E-state index contributed by atoms with van der Waals surface area (Å²) < 4.78 is 16.0. The Labute approximate surface area is 145 Å². The van der Waals surface area contributed by atoms with Crippen LogP contribution in [0.2, 0.25) is 0 Å². The maximum absolute atomic E-state index is 12.9. The SMILES string of the molecule is CCOC(=O)C1(C(=O)OCC)[C@@H]2Nc3ccc(C)cc3[C@@]1(C)OC2=O. The van der Waals surface area contributed by atoms with Gasteiger partial charge in [-0.2, -0.15) is 0 Å². The van der Waals surface area contributed by atoms with Gasteiger partial charge in [0, 0.05) is 11.3 Å². The average Bonchev–Trinajstić information content (AvgIpc) is 2.71. The number of esters is 3. The highest BCUT2D eigenvalue weighted by Gasteiger charge is 2.78. The Morgan fingerprint density at radius 1 is 1.20 bits per heavy atom. The van der Waals surface area contributed by atoms with E-state index in [-0.39, 0.29) is 13.2 Å². The zero-order valence-electron chi connectivity index (χ0n) is 14.7. The highest BCUT2D eigenvalue weighted by atomic mass is 16.6. The molecule has 0 aromatic heterocycles. The lowest BCUT2D eigenvalue weighted by atomic mass is 9.63. The molecule has 1 aromatic carbocycles. The number of hydrogen-bond acceptors (Lipinski definition) is 7. The van der Waals surface area contributed by atoms with Crippen LogP contribution < -0.4 is 5.32 Å².